The lowest BCUT2D eigenvalue weighted by Gasteiger charge is -2.28. The number of hydrogen-bond donors (Lipinski definition) is 2. The summed E-state index contributed by atoms with van der Waals surface area (Å²) < 4.78 is 5.43. The first-order chi connectivity index (χ1) is 13.5. The molecule has 28 heavy (non-hydrogen) atoms. The zero-order valence-electron chi connectivity index (χ0n) is 16.4. The van der Waals surface area contributed by atoms with Gasteiger partial charge in [-0.15, -0.1) is 0 Å². The number of anilines is 2. The van der Waals surface area contributed by atoms with Crippen molar-refractivity contribution in [1.29, 1.82) is 0 Å². The lowest BCUT2D eigenvalue weighted by molar-refractivity contribution is 0.122. The molecule has 2 aliphatic heterocycles. The number of aliphatic hydroxyl groups is 1. The predicted octanol–water partition coefficient (Wildman–Crippen LogP) is 2.43. The van der Waals surface area contributed by atoms with Crippen molar-refractivity contribution in [2.24, 2.45) is 0 Å². The van der Waals surface area contributed by atoms with E-state index in [9.17, 15) is 9.90 Å². The van der Waals surface area contributed by atoms with E-state index in [1.807, 2.05) is 13.8 Å². The molecule has 8 heteroatoms. The van der Waals surface area contributed by atoms with Crippen LogP contribution in [0.3, 0.4) is 0 Å². The Morgan fingerprint density at radius 3 is 2.68 bits per heavy atom. The molecule has 2 amide bonds. The van der Waals surface area contributed by atoms with Crippen molar-refractivity contribution in [2.75, 3.05) is 42.6 Å². The van der Waals surface area contributed by atoms with E-state index in [0.29, 0.717) is 56.7 Å². The number of fused-ring (bicyclic) bond motifs is 1. The minimum atomic E-state index is -0.168. The standard InChI is InChI=1S/C20H27N5O3/c1-4-5-15(7-11-26)17-16-6-8-25(20(27)21-14(2)3)18(16)23-19(22-17)24-9-12-28-13-10-24/h4-5,7,11,14,26H,1,6,8-10,12-13H2,2-3H3,(H,21,27)/b11-7+,15-5+. The van der Waals surface area contributed by atoms with Crippen LogP contribution in [0.1, 0.15) is 25.1 Å². The van der Waals surface area contributed by atoms with Crippen LogP contribution in [-0.2, 0) is 11.2 Å². The molecule has 0 saturated carbocycles. The Bertz CT molecular complexity index is 797. The summed E-state index contributed by atoms with van der Waals surface area (Å²) in [6.45, 7) is 10.7. The first kappa shape index (κ1) is 19.9. The van der Waals surface area contributed by atoms with Crippen LogP contribution in [-0.4, -0.2) is 60.0 Å². The predicted molar refractivity (Wildman–Crippen MR) is 110 cm³/mol. The molecule has 0 atom stereocenters. The van der Waals surface area contributed by atoms with Crippen molar-refractivity contribution >= 4 is 23.4 Å². The molecule has 150 valence electrons. The van der Waals surface area contributed by atoms with E-state index in [0.717, 1.165) is 17.4 Å². The Morgan fingerprint density at radius 2 is 2.04 bits per heavy atom. The van der Waals surface area contributed by atoms with Gasteiger partial charge < -0.3 is 20.1 Å². The molecule has 0 aromatic carbocycles. The number of allylic oxidation sites excluding steroid dienone is 4. The number of aromatic nitrogens is 2. The number of urea groups is 1. The summed E-state index contributed by atoms with van der Waals surface area (Å²) in [5.41, 5.74) is 2.32. The number of carbonyl (C=O) groups is 1. The molecule has 3 rings (SSSR count). The summed E-state index contributed by atoms with van der Waals surface area (Å²) >= 11 is 0. The first-order valence-electron chi connectivity index (χ1n) is 9.50. The quantitative estimate of drug-likeness (QED) is 0.598. The number of ether oxygens (including phenoxy) is 1. The van der Waals surface area contributed by atoms with Crippen molar-refractivity contribution in [2.45, 2.75) is 26.3 Å². The summed E-state index contributed by atoms with van der Waals surface area (Å²) in [5.74, 6) is 1.17. The van der Waals surface area contributed by atoms with Gasteiger partial charge in [-0.2, -0.15) is 4.98 Å². The topological polar surface area (TPSA) is 90.8 Å². The lowest BCUT2D eigenvalue weighted by atomic mass is 10.1. The number of carbonyl (C=O) groups excluding carboxylic acids is 1. The van der Waals surface area contributed by atoms with Crippen LogP contribution in [0.5, 0.6) is 0 Å². The lowest BCUT2D eigenvalue weighted by Crippen LogP contribution is -2.43. The third-order valence-electron chi connectivity index (χ3n) is 4.59. The Kier molecular flexibility index (Phi) is 6.30. The van der Waals surface area contributed by atoms with Crippen molar-refractivity contribution in [3.8, 4) is 0 Å². The maximum atomic E-state index is 12.7. The van der Waals surface area contributed by atoms with Crippen LogP contribution >= 0.6 is 0 Å². The second-order valence-electron chi connectivity index (χ2n) is 6.95. The summed E-state index contributed by atoms with van der Waals surface area (Å²) in [4.78, 5) is 25.9. The van der Waals surface area contributed by atoms with Gasteiger partial charge in [0.1, 0.15) is 5.82 Å². The van der Waals surface area contributed by atoms with E-state index < -0.39 is 0 Å². The number of aliphatic hydroxyl groups excluding tert-OH is 1. The van der Waals surface area contributed by atoms with Crippen molar-refractivity contribution in [3.05, 3.63) is 42.3 Å². The number of amides is 2. The minimum absolute atomic E-state index is 0.0325. The Labute approximate surface area is 165 Å². The van der Waals surface area contributed by atoms with Crippen LogP contribution in [0, 0.1) is 0 Å². The third kappa shape index (κ3) is 4.17. The molecule has 0 radical (unpaired) electrons. The van der Waals surface area contributed by atoms with Gasteiger partial charge in [0, 0.05) is 36.8 Å². The highest BCUT2D eigenvalue weighted by Gasteiger charge is 2.32. The number of morpholine rings is 1. The average molecular weight is 385 g/mol. The summed E-state index contributed by atoms with van der Waals surface area (Å²) in [6.07, 6.45) is 6.64. The van der Waals surface area contributed by atoms with Gasteiger partial charge in [0.25, 0.3) is 0 Å². The highest BCUT2D eigenvalue weighted by molar-refractivity contribution is 5.94. The summed E-state index contributed by atoms with van der Waals surface area (Å²) in [6, 6.07) is -0.136. The van der Waals surface area contributed by atoms with Gasteiger partial charge in [0.05, 0.1) is 25.2 Å². The van der Waals surface area contributed by atoms with Crippen molar-refractivity contribution in [1.82, 2.24) is 15.3 Å². The highest BCUT2D eigenvalue weighted by Crippen LogP contribution is 2.34. The van der Waals surface area contributed by atoms with E-state index in [1.54, 1.807) is 23.1 Å². The summed E-state index contributed by atoms with van der Waals surface area (Å²) in [7, 11) is 0. The number of nitrogens with one attached hydrogen (secondary N) is 1. The molecular weight excluding hydrogens is 358 g/mol. The summed E-state index contributed by atoms with van der Waals surface area (Å²) in [5, 5.41) is 12.3. The Balaban J connectivity index is 2.09. The fourth-order valence-electron chi connectivity index (χ4n) is 3.33. The molecule has 1 aromatic heterocycles. The second-order valence-corrected chi connectivity index (χ2v) is 6.95. The third-order valence-corrected chi connectivity index (χ3v) is 4.59. The van der Waals surface area contributed by atoms with E-state index in [2.05, 4.69) is 16.8 Å². The number of rotatable bonds is 5. The van der Waals surface area contributed by atoms with E-state index in [1.165, 1.54) is 0 Å². The molecule has 0 spiro atoms. The van der Waals surface area contributed by atoms with Crippen molar-refractivity contribution in [3.63, 3.8) is 0 Å². The van der Waals surface area contributed by atoms with Crippen LogP contribution in [0.2, 0.25) is 0 Å². The maximum absolute atomic E-state index is 12.7. The minimum Gasteiger partial charge on any atom is -0.516 e. The fraction of sp³-hybridized carbons (Fsp3) is 0.450. The zero-order chi connectivity index (χ0) is 20.1. The second kappa shape index (κ2) is 8.88. The molecule has 2 N–H and O–H groups in total. The Morgan fingerprint density at radius 1 is 1.29 bits per heavy atom. The molecule has 2 aliphatic rings. The van der Waals surface area contributed by atoms with Gasteiger partial charge in [-0.25, -0.2) is 9.78 Å². The number of nitrogens with zero attached hydrogens (tertiary/aromatic N) is 4. The van der Waals surface area contributed by atoms with E-state index in [4.69, 9.17) is 14.7 Å². The molecule has 1 fully saturated rings. The van der Waals surface area contributed by atoms with Gasteiger partial charge in [-0.3, -0.25) is 4.90 Å². The van der Waals surface area contributed by atoms with Gasteiger partial charge >= 0.3 is 6.03 Å². The number of hydrogen-bond acceptors (Lipinski definition) is 6. The van der Waals surface area contributed by atoms with Gasteiger partial charge in [0.15, 0.2) is 0 Å². The van der Waals surface area contributed by atoms with Crippen LogP contribution in [0.25, 0.3) is 5.57 Å². The first-order valence-corrected chi connectivity index (χ1v) is 9.50. The molecule has 1 saturated heterocycles. The van der Waals surface area contributed by atoms with Crippen LogP contribution in [0.15, 0.2) is 31.1 Å². The fourth-order valence-corrected chi connectivity index (χ4v) is 3.33. The van der Waals surface area contributed by atoms with Gasteiger partial charge in [-0.05, 0) is 26.3 Å². The largest absolute Gasteiger partial charge is 0.516 e. The molecule has 0 aliphatic carbocycles. The normalized spacial score (nSPS) is 17.3. The van der Waals surface area contributed by atoms with Crippen LogP contribution < -0.4 is 15.1 Å². The molecule has 8 nitrogen and oxygen atoms in total. The maximum Gasteiger partial charge on any atom is 0.323 e. The van der Waals surface area contributed by atoms with Gasteiger partial charge in [0.2, 0.25) is 5.95 Å². The molecule has 3 heterocycles. The van der Waals surface area contributed by atoms with Crippen LogP contribution in [0.4, 0.5) is 16.6 Å². The molecule has 1 aromatic rings. The van der Waals surface area contributed by atoms with E-state index in [-0.39, 0.29) is 12.1 Å². The SMILES string of the molecule is C=C/C=C(\C=C\O)c1nc(N2CCOCC2)nc2c1CCN2C(=O)NC(C)C. The molecule has 0 unspecified atom stereocenters. The zero-order valence-corrected chi connectivity index (χ0v) is 16.4. The average Bonchev–Trinajstić information content (AvgIpc) is 3.11. The van der Waals surface area contributed by atoms with Crippen molar-refractivity contribution < 1.29 is 14.6 Å². The molecule has 0 bridgehead atoms. The molecular formula is C20H27N5O3. The van der Waals surface area contributed by atoms with E-state index >= 15 is 0 Å². The smallest absolute Gasteiger partial charge is 0.323 e. The monoisotopic (exact) mass is 385 g/mol. The van der Waals surface area contributed by atoms with Gasteiger partial charge in [-0.1, -0.05) is 18.7 Å². The highest BCUT2D eigenvalue weighted by atomic mass is 16.5. The Hall–Kier alpha value is -2.87.